The normalized spacial score (nSPS) is 15.0. The number of carbonyl (C=O) groups excluding carboxylic acids is 2. The number of fused-ring (bicyclic) bond motifs is 1. The van der Waals surface area contributed by atoms with Gasteiger partial charge < -0.3 is 20.4 Å². The van der Waals surface area contributed by atoms with Crippen LogP contribution in [-0.2, 0) is 30.8 Å². The molecule has 0 spiro atoms. The summed E-state index contributed by atoms with van der Waals surface area (Å²) < 4.78 is 20.8. The van der Waals surface area contributed by atoms with Crippen molar-refractivity contribution in [1.82, 2.24) is 14.8 Å². The standard InChI is InChI=1S/C23H25ClFN5O3S2/c1-3-30-18(10-33-13-5-7-16(25)15(24)9-13)28-29-23(30)34-11-19(31)27-22-20(21(26)32)14-6-4-12(2)8-17(14)35-22/h5,7,9,12H,3-4,6,8,10-11H2,1-2H3,(H2,26,32)(H,27,31). The Hall–Kier alpha value is -2.63. The monoisotopic (exact) mass is 537 g/mol. The van der Waals surface area contributed by atoms with Gasteiger partial charge >= 0.3 is 0 Å². The fraction of sp³-hybridized carbons (Fsp3) is 0.391. The smallest absolute Gasteiger partial charge is 0.251 e. The highest BCUT2D eigenvalue weighted by molar-refractivity contribution is 7.99. The third-order valence-electron chi connectivity index (χ3n) is 5.71. The van der Waals surface area contributed by atoms with E-state index in [4.69, 9.17) is 22.1 Å². The van der Waals surface area contributed by atoms with E-state index in [0.717, 1.165) is 29.7 Å². The van der Waals surface area contributed by atoms with Crippen LogP contribution >= 0.6 is 34.7 Å². The number of amides is 2. The molecule has 3 N–H and O–H groups in total. The van der Waals surface area contributed by atoms with Crippen LogP contribution in [0.5, 0.6) is 5.75 Å². The maximum atomic E-state index is 13.3. The third kappa shape index (κ3) is 5.79. The second-order valence-corrected chi connectivity index (χ2v) is 10.7. The van der Waals surface area contributed by atoms with Gasteiger partial charge in [0.2, 0.25) is 5.91 Å². The first-order chi connectivity index (χ1) is 16.8. The lowest BCUT2D eigenvalue weighted by Crippen LogP contribution is -2.20. The number of carbonyl (C=O) groups is 2. The Bertz CT molecular complexity index is 1260. The number of benzene rings is 1. The van der Waals surface area contributed by atoms with Crippen molar-refractivity contribution < 1.29 is 18.7 Å². The van der Waals surface area contributed by atoms with Crippen molar-refractivity contribution in [3.8, 4) is 5.75 Å². The van der Waals surface area contributed by atoms with Gasteiger partial charge in [-0.05, 0) is 49.8 Å². The molecule has 35 heavy (non-hydrogen) atoms. The number of primary amides is 1. The molecule has 1 aliphatic carbocycles. The van der Waals surface area contributed by atoms with E-state index in [0.29, 0.717) is 39.8 Å². The van der Waals surface area contributed by atoms with Crippen LogP contribution < -0.4 is 15.8 Å². The number of thioether (sulfide) groups is 1. The van der Waals surface area contributed by atoms with Crippen LogP contribution in [0.2, 0.25) is 5.02 Å². The molecule has 0 saturated heterocycles. The highest BCUT2D eigenvalue weighted by Gasteiger charge is 2.27. The lowest BCUT2D eigenvalue weighted by molar-refractivity contribution is -0.113. The molecule has 1 aliphatic rings. The Kier molecular flexibility index (Phi) is 7.98. The number of hydrogen-bond donors (Lipinski definition) is 2. The van der Waals surface area contributed by atoms with Crippen LogP contribution in [-0.4, -0.2) is 32.3 Å². The number of ether oxygens (including phenoxy) is 1. The fourth-order valence-corrected chi connectivity index (χ4v) is 6.38. The van der Waals surface area contributed by atoms with Gasteiger partial charge in [0, 0.05) is 17.5 Å². The minimum atomic E-state index is -0.520. The van der Waals surface area contributed by atoms with Gasteiger partial charge in [-0.1, -0.05) is 30.3 Å². The van der Waals surface area contributed by atoms with E-state index in [9.17, 15) is 14.0 Å². The number of nitrogens with zero attached hydrogens (tertiary/aromatic N) is 3. The van der Waals surface area contributed by atoms with E-state index in [1.165, 1.54) is 41.3 Å². The second kappa shape index (κ2) is 11.0. The lowest BCUT2D eigenvalue weighted by Gasteiger charge is -2.18. The summed E-state index contributed by atoms with van der Waals surface area (Å²) in [6.45, 7) is 4.79. The summed E-state index contributed by atoms with van der Waals surface area (Å²) in [4.78, 5) is 25.9. The summed E-state index contributed by atoms with van der Waals surface area (Å²) in [5, 5.41) is 12.3. The average molecular weight is 538 g/mol. The van der Waals surface area contributed by atoms with Crippen LogP contribution in [0.4, 0.5) is 9.39 Å². The average Bonchev–Trinajstić information content (AvgIpc) is 3.38. The minimum absolute atomic E-state index is 0.0256. The lowest BCUT2D eigenvalue weighted by atomic mass is 9.88. The zero-order valence-electron chi connectivity index (χ0n) is 19.3. The molecule has 2 aromatic heterocycles. The van der Waals surface area contributed by atoms with E-state index in [-0.39, 0.29) is 23.3 Å². The van der Waals surface area contributed by atoms with Gasteiger partial charge in [-0.3, -0.25) is 9.59 Å². The predicted octanol–water partition coefficient (Wildman–Crippen LogP) is 4.69. The summed E-state index contributed by atoms with van der Waals surface area (Å²) in [5.74, 6) is 0.309. The zero-order chi connectivity index (χ0) is 25.1. The van der Waals surface area contributed by atoms with Crippen LogP contribution in [0, 0.1) is 11.7 Å². The fourth-order valence-electron chi connectivity index (χ4n) is 3.96. The molecule has 1 unspecified atom stereocenters. The molecule has 0 fully saturated rings. The Labute approximate surface area is 215 Å². The largest absolute Gasteiger partial charge is 0.486 e. The predicted molar refractivity (Wildman–Crippen MR) is 135 cm³/mol. The SMILES string of the molecule is CCn1c(COc2ccc(F)c(Cl)c2)nnc1SCC(=O)Nc1sc2c(c1C(N)=O)CCC(C)C2. The number of anilines is 1. The summed E-state index contributed by atoms with van der Waals surface area (Å²) in [6, 6.07) is 4.11. The van der Waals surface area contributed by atoms with E-state index < -0.39 is 11.7 Å². The third-order valence-corrected chi connectivity index (χ3v) is 8.14. The summed E-state index contributed by atoms with van der Waals surface area (Å²) in [6.07, 6.45) is 2.68. The number of aromatic nitrogens is 3. The number of thiophene rings is 1. The Balaban J connectivity index is 1.39. The maximum Gasteiger partial charge on any atom is 0.251 e. The van der Waals surface area contributed by atoms with E-state index in [2.05, 4.69) is 22.4 Å². The Morgan fingerprint density at radius 3 is 2.91 bits per heavy atom. The van der Waals surface area contributed by atoms with E-state index in [1.54, 1.807) is 0 Å². The van der Waals surface area contributed by atoms with Crippen LogP contribution in [0.1, 0.15) is 46.9 Å². The number of rotatable bonds is 9. The van der Waals surface area contributed by atoms with E-state index >= 15 is 0 Å². The van der Waals surface area contributed by atoms with Crippen molar-refractivity contribution in [1.29, 1.82) is 0 Å². The van der Waals surface area contributed by atoms with Crippen LogP contribution in [0.3, 0.4) is 0 Å². The molecular formula is C23H25ClFN5O3S2. The van der Waals surface area contributed by atoms with Gasteiger partial charge in [-0.25, -0.2) is 4.39 Å². The van der Waals surface area contributed by atoms with Crippen molar-refractivity contribution in [3.05, 3.63) is 50.9 Å². The molecule has 4 rings (SSSR count). The van der Waals surface area contributed by atoms with Crippen LogP contribution in [0.15, 0.2) is 23.4 Å². The number of halogens is 2. The highest BCUT2D eigenvalue weighted by atomic mass is 35.5. The molecule has 8 nitrogen and oxygen atoms in total. The molecular weight excluding hydrogens is 513 g/mol. The summed E-state index contributed by atoms with van der Waals surface area (Å²) in [7, 11) is 0. The molecule has 186 valence electrons. The Morgan fingerprint density at radius 1 is 1.40 bits per heavy atom. The van der Waals surface area contributed by atoms with Crippen molar-refractivity contribution in [2.45, 2.75) is 51.4 Å². The first-order valence-electron chi connectivity index (χ1n) is 11.1. The maximum absolute atomic E-state index is 13.3. The Morgan fingerprint density at radius 2 is 2.20 bits per heavy atom. The molecule has 1 atom stereocenters. The van der Waals surface area contributed by atoms with E-state index in [1.807, 2.05) is 11.5 Å². The molecule has 0 bridgehead atoms. The van der Waals surface area contributed by atoms with Crippen molar-refractivity contribution in [2.24, 2.45) is 11.7 Å². The van der Waals surface area contributed by atoms with Gasteiger partial charge in [-0.2, -0.15) is 0 Å². The topological polar surface area (TPSA) is 112 Å². The first-order valence-corrected chi connectivity index (χ1v) is 13.3. The molecule has 0 radical (unpaired) electrons. The van der Waals surface area contributed by atoms with Crippen molar-refractivity contribution >= 4 is 51.5 Å². The molecule has 0 saturated carbocycles. The molecule has 1 aromatic carbocycles. The minimum Gasteiger partial charge on any atom is -0.486 e. The highest BCUT2D eigenvalue weighted by Crippen LogP contribution is 2.39. The van der Waals surface area contributed by atoms with Gasteiger partial charge in [0.15, 0.2) is 11.0 Å². The zero-order valence-corrected chi connectivity index (χ0v) is 21.7. The molecule has 3 aromatic rings. The number of nitrogens with two attached hydrogens (primary N) is 1. The summed E-state index contributed by atoms with van der Waals surface area (Å²) in [5.41, 5.74) is 7.05. The summed E-state index contributed by atoms with van der Waals surface area (Å²) >= 11 is 8.47. The van der Waals surface area contributed by atoms with Crippen molar-refractivity contribution in [3.63, 3.8) is 0 Å². The molecule has 12 heteroatoms. The number of nitrogens with one attached hydrogen (secondary N) is 1. The van der Waals surface area contributed by atoms with Gasteiger partial charge in [0.25, 0.3) is 5.91 Å². The molecule has 2 amide bonds. The van der Waals surface area contributed by atoms with Gasteiger partial charge in [0.05, 0.1) is 16.3 Å². The van der Waals surface area contributed by atoms with Crippen LogP contribution in [0.25, 0.3) is 0 Å². The van der Waals surface area contributed by atoms with Gasteiger partial charge in [-0.15, -0.1) is 21.5 Å². The molecule has 2 heterocycles. The van der Waals surface area contributed by atoms with Crippen molar-refractivity contribution in [2.75, 3.05) is 11.1 Å². The number of hydrogen-bond acceptors (Lipinski definition) is 7. The van der Waals surface area contributed by atoms with Gasteiger partial charge in [0.1, 0.15) is 23.2 Å². The first kappa shape index (κ1) is 25.5. The second-order valence-electron chi connectivity index (χ2n) is 8.26. The quantitative estimate of drug-likeness (QED) is 0.383. The molecule has 0 aliphatic heterocycles.